The second-order valence-electron chi connectivity index (χ2n) is 2.94. The topological polar surface area (TPSA) is 0 Å². The molecule has 0 aromatic heterocycles. The monoisotopic (exact) mass is 150 g/mol. The first-order valence-corrected chi connectivity index (χ1v) is 4.29. The van der Waals surface area contributed by atoms with Gasteiger partial charge in [0.1, 0.15) is 0 Å². The molecule has 0 amide bonds. The molecule has 0 heterocycles. The van der Waals surface area contributed by atoms with E-state index in [-0.39, 0.29) is 0 Å². The largest absolute Gasteiger partial charge is 0.106 e. The molecule has 0 bridgehead atoms. The van der Waals surface area contributed by atoms with Crippen molar-refractivity contribution in [3.05, 3.63) is 29.8 Å². The summed E-state index contributed by atoms with van der Waals surface area (Å²) in [7, 11) is 2.70. The smallest absolute Gasteiger partial charge is 0.0162 e. The van der Waals surface area contributed by atoms with Gasteiger partial charge >= 0.3 is 0 Å². The van der Waals surface area contributed by atoms with Gasteiger partial charge in [0.2, 0.25) is 0 Å². The van der Waals surface area contributed by atoms with Gasteiger partial charge in [0, 0.05) is 0 Å². The van der Waals surface area contributed by atoms with E-state index in [0.29, 0.717) is 0 Å². The number of hydrogen-bond acceptors (Lipinski definition) is 0. The van der Waals surface area contributed by atoms with Crippen molar-refractivity contribution in [1.29, 1.82) is 0 Å². The van der Waals surface area contributed by atoms with Crippen LogP contribution in [-0.4, -0.2) is 0 Å². The van der Waals surface area contributed by atoms with Crippen LogP contribution in [0.3, 0.4) is 0 Å². The molecule has 1 atom stereocenters. The summed E-state index contributed by atoms with van der Waals surface area (Å²) in [6, 6.07) is 8.80. The van der Waals surface area contributed by atoms with E-state index in [9.17, 15) is 0 Å². The summed E-state index contributed by atoms with van der Waals surface area (Å²) in [4.78, 5) is 0. The van der Waals surface area contributed by atoms with E-state index in [1.54, 1.807) is 0 Å². The fourth-order valence-corrected chi connectivity index (χ4v) is 1.38. The average molecular weight is 150 g/mol. The molecule has 0 spiro atoms. The molecule has 1 unspecified atom stereocenters. The van der Waals surface area contributed by atoms with E-state index in [1.807, 2.05) is 0 Å². The minimum atomic E-state index is 0.894. The zero-order valence-electron chi connectivity index (χ0n) is 5.88. The molecule has 1 aliphatic carbocycles. The Balaban J connectivity index is 2.28. The summed E-state index contributed by atoms with van der Waals surface area (Å²) in [5.74, 6) is 0.894. The van der Waals surface area contributed by atoms with Gasteiger partial charge in [-0.1, -0.05) is 24.3 Å². The molecule has 0 saturated heterocycles. The van der Waals surface area contributed by atoms with Crippen molar-refractivity contribution in [2.24, 2.45) is 0 Å². The number of benzene rings is 1. The van der Waals surface area contributed by atoms with Gasteiger partial charge in [-0.2, -0.15) is 0 Å². The molecule has 2 rings (SSSR count). The van der Waals surface area contributed by atoms with Crippen LogP contribution in [0.5, 0.6) is 0 Å². The lowest BCUT2D eigenvalue weighted by atomic mass is 10.1. The van der Waals surface area contributed by atoms with Crippen LogP contribution in [0.2, 0.25) is 0 Å². The lowest BCUT2D eigenvalue weighted by Crippen LogP contribution is -1.88. The maximum atomic E-state index is 2.70. The van der Waals surface area contributed by atoms with E-state index >= 15 is 0 Å². The summed E-state index contributed by atoms with van der Waals surface area (Å²) in [5.41, 5.74) is 1.52. The molecule has 1 fully saturated rings. The van der Waals surface area contributed by atoms with Crippen molar-refractivity contribution in [2.75, 3.05) is 0 Å². The minimum Gasteiger partial charge on any atom is -0.106 e. The maximum Gasteiger partial charge on any atom is -0.0162 e. The van der Waals surface area contributed by atoms with Crippen LogP contribution in [0, 0.1) is 0 Å². The van der Waals surface area contributed by atoms with Crippen molar-refractivity contribution < 1.29 is 0 Å². The number of hydrogen-bond donors (Lipinski definition) is 0. The molecular weight excluding hydrogens is 139 g/mol. The first-order valence-electron chi connectivity index (χ1n) is 3.72. The fraction of sp³-hybridized carbons (Fsp3) is 0.333. The third-order valence-corrected chi connectivity index (χ3v) is 2.37. The highest BCUT2D eigenvalue weighted by Crippen LogP contribution is 2.39. The Labute approximate surface area is 63.9 Å². The Morgan fingerprint density at radius 3 is 2.20 bits per heavy atom. The van der Waals surface area contributed by atoms with Crippen molar-refractivity contribution in [3.63, 3.8) is 0 Å². The van der Waals surface area contributed by atoms with Gasteiger partial charge < -0.3 is 0 Å². The Morgan fingerprint density at radius 1 is 1.10 bits per heavy atom. The fourth-order valence-electron chi connectivity index (χ4n) is 1.18. The second-order valence-corrected chi connectivity index (χ2v) is 3.61. The van der Waals surface area contributed by atoms with Crippen molar-refractivity contribution >= 4 is 14.5 Å². The molecule has 10 heavy (non-hydrogen) atoms. The highest BCUT2D eigenvalue weighted by molar-refractivity contribution is 7.27. The SMILES string of the molecule is Pc1ccc(C2CC2)cc1. The Morgan fingerprint density at radius 2 is 1.70 bits per heavy atom. The summed E-state index contributed by atoms with van der Waals surface area (Å²) in [5, 5.41) is 1.28. The molecular formula is C9H11P. The van der Waals surface area contributed by atoms with Gasteiger partial charge in [0.25, 0.3) is 0 Å². The predicted molar refractivity (Wildman–Crippen MR) is 47.8 cm³/mol. The predicted octanol–water partition coefficient (Wildman–Crippen LogP) is 2.06. The van der Waals surface area contributed by atoms with Gasteiger partial charge in [-0.3, -0.25) is 0 Å². The summed E-state index contributed by atoms with van der Waals surface area (Å²) in [6.07, 6.45) is 2.80. The van der Waals surface area contributed by atoms with Crippen molar-refractivity contribution in [2.45, 2.75) is 18.8 Å². The first-order chi connectivity index (χ1) is 4.86. The average Bonchev–Trinajstić information content (AvgIpc) is 2.71. The van der Waals surface area contributed by atoms with E-state index in [1.165, 1.54) is 23.7 Å². The standard InChI is InChI=1S/C9H11P/c10-9-5-3-8(4-6-9)7-1-2-7/h3-7H,1-2,10H2. The van der Waals surface area contributed by atoms with Crippen LogP contribution in [0.4, 0.5) is 0 Å². The Bertz CT molecular complexity index is 221. The zero-order chi connectivity index (χ0) is 6.97. The second kappa shape index (κ2) is 2.36. The summed E-state index contributed by atoms with van der Waals surface area (Å²) < 4.78 is 0. The van der Waals surface area contributed by atoms with Gasteiger partial charge in [-0.05, 0) is 29.6 Å². The van der Waals surface area contributed by atoms with Crippen LogP contribution >= 0.6 is 9.24 Å². The highest BCUT2D eigenvalue weighted by Gasteiger charge is 2.22. The van der Waals surface area contributed by atoms with Crippen LogP contribution in [0.15, 0.2) is 24.3 Å². The Kier molecular flexibility index (Phi) is 1.50. The lowest BCUT2D eigenvalue weighted by Gasteiger charge is -1.96. The van der Waals surface area contributed by atoms with Crippen LogP contribution < -0.4 is 5.30 Å². The number of rotatable bonds is 1. The van der Waals surface area contributed by atoms with Crippen LogP contribution in [0.1, 0.15) is 24.3 Å². The summed E-state index contributed by atoms with van der Waals surface area (Å²) >= 11 is 0. The van der Waals surface area contributed by atoms with E-state index < -0.39 is 0 Å². The molecule has 1 saturated carbocycles. The third-order valence-electron chi connectivity index (χ3n) is 1.99. The molecule has 1 aromatic rings. The Hall–Kier alpha value is -0.350. The van der Waals surface area contributed by atoms with Crippen molar-refractivity contribution in [3.8, 4) is 0 Å². The molecule has 0 N–H and O–H groups in total. The highest BCUT2D eigenvalue weighted by atomic mass is 31.0. The summed E-state index contributed by atoms with van der Waals surface area (Å²) in [6.45, 7) is 0. The van der Waals surface area contributed by atoms with Crippen LogP contribution in [-0.2, 0) is 0 Å². The molecule has 1 heteroatoms. The maximum absolute atomic E-state index is 2.70. The quantitative estimate of drug-likeness (QED) is 0.537. The molecule has 1 aliphatic rings. The van der Waals surface area contributed by atoms with Gasteiger partial charge in [-0.15, -0.1) is 9.24 Å². The van der Waals surface area contributed by atoms with E-state index in [0.717, 1.165) is 5.92 Å². The van der Waals surface area contributed by atoms with Gasteiger partial charge in [-0.25, -0.2) is 0 Å². The van der Waals surface area contributed by atoms with Crippen LogP contribution in [0.25, 0.3) is 0 Å². The molecule has 0 aliphatic heterocycles. The molecule has 0 nitrogen and oxygen atoms in total. The van der Waals surface area contributed by atoms with Gasteiger partial charge in [0.15, 0.2) is 0 Å². The van der Waals surface area contributed by atoms with Gasteiger partial charge in [0.05, 0.1) is 0 Å². The van der Waals surface area contributed by atoms with E-state index in [2.05, 4.69) is 33.5 Å². The molecule has 52 valence electrons. The van der Waals surface area contributed by atoms with E-state index in [4.69, 9.17) is 0 Å². The molecule has 0 radical (unpaired) electrons. The molecule has 1 aromatic carbocycles. The normalized spacial score (nSPS) is 17.3. The minimum absolute atomic E-state index is 0.894. The lowest BCUT2D eigenvalue weighted by molar-refractivity contribution is 1.13. The third kappa shape index (κ3) is 1.22. The zero-order valence-corrected chi connectivity index (χ0v) is 7.03. The first kappa shape index (κ1) is 6.37. The van der Waals surface area contributed by atoms with Crippen molar-refractivity contribution in [1.82, 2.24) is 0 Å².